The smallest absolute Gasteiger partial charge is 0.229 e. The van der Waals surface area contributed by atoms with Crippen molar-refractivity contribution in [2.45, 2.75) is 26.3 Å². The minimum Gasteiger partial charge on any atom is -0.393 e. The molecule has 0 aromatic carbocycles. The Hall–Kier alpha value is -0.730. The van der Waals surface area contributed by atoms with Gasteiger partial charge in [0.2, 0.25) is 15.9 Å². The summed E-state index contributed by atoms with van der Waals surface area (Å²) < 4.78 is 24.6. The lowest BCUT2D eigenvalue weighted by Crippen LogP contribution is -2.52. The second-order valence-corrected chi connectivity index (χ2v) is 6.82. The van der Waals surface area contributed by atoms with E-state index >= 15 is 0 Å². The predicted octanol–water partition coefficient (Wildman–Crippen LogP) is -0.647. The van der Waals surface area contributed by atoms with Gasteiger partial charge in [0.15, 0.2) is 0 Å². The summed E-state index contributed by atoms with van der Waals surface area (Å²) in [5, 5.41) is 2.59. The molecule has 0 saturated heterocycles. The van der Waals surface area contributed by atoms with E-state index in [1.54, 1.807) is 20.8 Å². The molecule has 0 bridgehead atoms. The van der Waals surface area contributed by atoms with Crippen LogP contribution < -0.4 is 15.8 Å². The number of sulfonamides is 1. The number of hydrogen-bond donors (Lipinski definition) is 3. The van der Waals surface area contributed by atoms with Crippen molar-refractivity contribution in [3.8, 4) is 0 Å². The first-order valence-electron chi connectivity index (χ1n) is 5.00. The fourth-order valence-electron chi connectivity index (χ4n) is 1.13. The van der Waals surface area contributed by atoms with Crippen LogP contribution in [0.2, 0.25) is 0 Å². The van der Waals surface area contributed by atoms with E-state index < -0.39 is 21.5 Å². The highest BCUT2D eigenvalue weighted by Crippen LogP contribution is 2.03. The molecule has 4 N–H and O–H groups in total. The number of carbonyl (C=O) groups excluding carboxylic acids is 1. The second-order valence-electron chi connectivity index (χ2n) is 4.60. The average molecular weight is 281 g/mol. The Kier molecular flexibility index (Phi) is 5.50. The van der Waals surface area contributed by atoms with Crippen LogP contribution in [0.1, 0.15) is 20.8 Å². The largest absolute Gasteiger partial charge is 0.393 e. The number of amides is 1. The van der Waals surface area contributed by atoms with Crippen LogP contribution in [0, 0.1) is 5.92 Å². The van der Waals surface area contributed by atoms with Gasteiger partial charge in [-0.05, 0) is 20.8 Å². The van der Waals surface area contributed by atoms with E-state index in [9.17, 15) is 13.2 Å². The molecule has 0 aromatic rings. The van der Waals surface area contributed by atoms with Crippen LogP contribution >= 0.6 is 12.2 Å². The van der Waals surface area contributed by atoms with E-state index in [0.717, 1.165) is 6.26 Å². The number of hydrogen-bond acceptors (Lipinski definition) is 4. The maximum atomic E-state index is 11.5. The van der Waals surface area contributed by atoms with Crippen LogP contribution in [0.15, 0.2) is 0 Å². The minimum atomic E-state index is -3.32. The highest BCUT2D eigenvalue weighted by Gasteiger charge is 2.24. The summed E-state index contributed by atoms with van der Waals surface area (Å²) in [5.41, 5.74) is 4.57. The second kappa shape index (κ2) is 5.74. The van der Waals surface area contributed by atoms with Gasteiger partial charge in [0.1, 0.15) is 0 Å². The summed E-state index contributed by atoms with van der Waals surface area (Å²) in [4.78, 5) is 11.6. The van der Waals surface area contributed by atoms with Crippen molar-refractivity contribution in [3.05, 3.63) is 0 Å². The Balaban J connectivity index is 4.37. The van der Waals surface area contributed by atoms with E-state index in [0.29, 0.717) is 0 Å². The van der Waals surface area contributed by atoms with Gasteiger partial charge in [-0.1, -0.05) is 12.2 Å². The highest BCUT2D eigenvalue weighted by molar-refractivity contribution is 7.88. The molecule has 0 spiro atoms. The first-order chi connectivity index (χ1) is 7.44. The summed E-state index contributed by atoms with van der Waals surface area (Å²) in [5.74, 6) is -0.889. The van der Waals surface area contributed by atoms with Crippen LogP contribution in [-0.2, 0) is 14.8 Å². The molecule has 1 atom stereocenters. The van der Waals surface area contributed by atoms with Gasteiger partial charge in [-0.2, -0.15) is 0 Å². The van der Waals surface area contributed by atoms with Gasteiger partial charge in [-0.25, -0.2) is 13.1 Å². The van der Waals surface area contributed by atoms with Gasteiger partial charge >= 0.3 is 0 Å². The quantitative estimate of drug-likeness (QED) is 0.562. The van der Waals surface area contributed by atoms with Gasteiger partial charge in [0.05, 0.1) is 17.2 Å². The number of nitrogens with two attached hydrogens (primary N) is 1. The molecule has 0 aromatic heterocycles. The van der Waals surface area contributed by atoms with Gasteiger partial charge in [-0.3, -0.25) is 4.79 Å². The van der Waals surface area contributed by atoms with Crippen LogP contribution in [0.3, 0.4) is 0 Å². The standard InChI is InChI=1S/C9H19N3O3S2/c1-6(7(10)16)8(13)11-5-9(2,3)12-17(4,14)15/h6,12H,5H2,1-4H3,(H2,10,16)(H,11,13). The van der Waals surface area contributed by atoms with Gasteiger partial charge in [0, 0.05) is 12.1 Å². The van der Waals surface area contributed by atoms with Crippen molar-refractivity contribution >= 4 is 33.1 Å². The zero-order chi connectivity index (χ0) is 13.9. The van der Waals surface area contributed by atoms with Crippen LogP contribution in [-0.4, -0.2) is 37.7 Å². The SMILES string of the molecule is CC(C(=O)NCC(C)(C)NS(C)(=O)=O)C(N)=S. The predicted molar refractivity (Wildman–Crippen MR) is 71.0 cm³/mol. The third-order valence-corrected chi connectivity index (χ3v) is 3.26. The lowest BCUT2D eigenvalue weighted by atomic mass is 10.1. The zero-order valence-electron chi connectivity index (χ0n) is 10.4. The fraction of sp³-hybridized carbons (Fsp3) is 0.778. The van der Waals surface area contributed by atoms with Gasteiger partial charge < -0.3 is 11.1 Å². The van der Waals surface area contributed by atoms with E-state index in [1.165, 1.54) is 0 Å². The number of carbonyl (C=O) groups is 1. The monoisotopic (exact) mass is 281 g/mol. The van der Waals surface area contributed by atoms with Crippen molar-refractivity contribution in [2.75, 3.05) is 12.8 Å². The van der Waals surface area contributed by atoms with Crippen molar-refractivity contribution in [2.24, 2.45) is 11.7 Å². The molecule has 0 saturated carbocycles. The maximum absolute atomic E-state index is 11.5. The lowest BCUT2D eigenvalue weighted by molar-refractivity contribution is -0.122. The molecule has 0 aliphatic heterocycles. The number of nitrogens with one attached hydrogen (secondary N) is 2. The average Bonchev–Trinajstić information content (AvgIpc) is 2.09. The molecule has 0 aliphatic carbocycles. The molecule has 0 heterocycles. The van der Waals surface area contributed by atoms with Gasteiger partial charge in [-0.15, -0.1) is 0 Å². The van der Waals surface area contributed by atoms with Crippen molar-refractivity contribution in [1.82, 2.24) is 10.0 Å². The minimum absolute atomic E-state index is 0.108. The maximum Gasteiger partial charge on any atom is 0.229 e. The topological polar surface area (TPSA) is 101 Å². The molecular formula is C9H19N3O3S2. The Labute approximate surface area is 107 Å². The Morgan fingerprint density at radius 2 is 1.94 bits per heavy atom. The van der Waals surface area contributed by atoms with E-state index in [1.807, 2.05) is 0 Å². The molecule has 17 heavy (non-hydrogen) atoms. The Bertz CT molecular complexity index is 404. The van der Waals surface area contributed by atoms with Crippen molar-refractivity contribution in [1.29, 1.82) is 0 Å². The number of thiocarbonyl (C=S) groups is 1. The van der Waals surface area contributed by atoms with E-state index in [4.69, 9.17) is 18.0 Å². The molecule has 1 amide bonds. The van der Waals surface area contributed by atoms with Gasteiger partial charge in [0.25, 0.3) is 0 Å². The summed E-state index contributed by atoms with van der Waals surface area (Å²) in [7, 11) is -3.32. The van der Waals surface area contributed by atoms with E-state index in [-0.39, 0.29) is 17.4 Å². The van der Waals surface area contributed by atoms with Crippen LogP contribution in [0.5, 0.6) is 0 Å². The lowest BCUT2D eigenvalue weighted by Gasteiger charge is -2.26. The van der Waals surface area contributed by atoms with Crippen molar-refractivity contribution < 1.29 is 13.2 Å². The third kappa shape index (κ3) is 7.24. The zero-order valence-corrected chi connectivity index (χ0v) is 12.0. The fourth-order valence-corrected chi connectivity index (χ4v) is 2.31. The molecule has 1 unspecified atom stereocenters. The normalized spacial score (nSPS) is 14.1. The summed E-state index contributed by atoms with van der Waals surface area (Å²) >= 11 is 4.70. The molecule has 8 heteroatoms. The molecule has 6 nitrogen and oxygen atoms in total. The van der Waals surface area contributed by atoms with Crippen LogP contribution in [0.25, 0.3) is 0 Å². The highest BCUT2D eigenvalue weighted by atomic mass is 32.2. The first kappa shape index (κ1) is 16.3. The Morgan fingerprint density at radius 1 is 1.47 bits per heavy atom. The molecule has 0 radical (unpaired) electrons. The molecular weight excluding hydrogens is 262 g/mol. The summed E-state index contributed by atoms with van der Waals surface area (Å²) in [6.07, 6.45) is 1.06. The van der Waals surface area contributed by atoms with Crippen LogP contribution in [0.4, 0.5) is 0 Å². The summed E-state index contributed by atoms with van der Waals surface area (Å²) in [6.45, 7) is 5.08. The van der Waals surface area contributed by atoms with Crippen molar-refractivity contribution in [3.63, 3.8) is 0 Å². The Morgan fingerprint density at radius 3 is 2.29 bits per heavy atom. The molecule has 0 fully saturated rings. The first-order valence-corrected chi connectivity index (χ1v) is 7.30. The summed E-state index contributed by atoms with van der Waals surface area (Å²) in [6, 6.07) is 0. The number of rotatable bonds is 6. The molecule has 100 valence electrons. The third-order valence-electron chi connectivity index (χ3n) is 1.99. The van der Waals surface area contributed by atoms with E-state index in [2.05, 4.69) is 10.0 Å². The molecule has 0 rings (SSSR count). The molecule has 0 aliphatic rings.